The highest BCUT2D eigenvalue weighted by Gasteiger charge is 2.22. The first-order valence-electron chi connectivity index (χ1n) is 6.94. The molecule has 0 aliphatic rings. The number of rotatable bonds is 5. The van der Waals surface area contributed by atoms with Gasteiger partial charge in [-0.1, -0.05) is 18.2 Å². The Morgan fingerprint density at radius 1 is 1.14 bits per heavy atom. The van der Waals surface area contributed by atoms with Crippen LogP contribution in [0, 0.1) is 20.8 Å². The van der Waals surface area contributed by atoms with Crippen LogP contribution in [0.15, 0.2) is 24.3 Å². The molecule has 22 heavy (non-hydrogen) atoms. The van der Waals surface area contributed by atoms with Crippen molar-refractivity contribution in [2.45, 2.75) is 20.8 Å². The van der Waals surface area contributed by atoms with Crippen LogP contribution in [0.25, 0.3) is 0 Å². The van der Waals surface area contributed by atoms with Gasteiger partial charge in [0.1, 0.15) is 5.75 Å². The molecule has 0 spiro atoms. The number of ketones is 1. The van der Waals surface area contributed by atoms with Gasteiger partial charge in [0.25, 0.3) is 0 Å². The van der Waals surface area contributed by atoms with Crippen molar-refractivity contribution < 1.29 is 19.1 Å². The summed E-state index contributed by atoms with van der Waals surface area (Å²) in [4.78, 5) is 27.0. The molecule has 5 heteroatoms. The summed E-state index contributed by atoms with van der Waals surface area (Å²) in [5.41, 5.74) is 2.95. The van der Waals surface area contributed by atoms with Crippen LogP contribution in [0.4, 0.5) is 0 Å². The Morgan fingerprint density at radius 2 is 1.82 bits per heavy atom. The summed E-state index contributed by atoms with van der Waals surface area (Å²) in [6.07, 6.45) is 0. The van der Waals surface area contributed by atoms with Crippen molar-refractivity contribution in [2.24, 2.45) is 0 Å². The van der Waals surface area contributed by atoms with Crippen molar-refractivity contribution in [3.8, 4) is 5.75 Å². The number of aryl methyl sites for hydroxylation is 2. The molecule has 0 atom stereocenters. The number of para-hydroxylation sites is 1. The van der Waals surface area contributed by atoms with Crippen molar-refractivity contribution in [3.63, 3.8) is 0 Å². The van der Waals surface area contributed by atoms with Crippen LogP contribution < -0.4 is 4.74 Å². The normalized spacial score (nSPS) is 10.4. The summed E-state index contributed by atoms with van der Waals surface area (Å²) < 4.78 is 10.3. The van der Waals surface area contributed by atoms with Crippen LogP contribution >= 0.6 is 0 Å². The van der Waals surface area contributed by atoms with E-state index in [1.54, 1.807) is 13.8 Å². The molecule has 116 valence electrons. The molecule has 0 aliphatic heterocycles. The zero-order valence-electron chi connectivity index (χ0n) is 13.1. The van der Waals surface area contributed by atoms with Gasteiger partial charge < -0.3 is 14.5 Å². The first-order chi connectivity index (χ1) is 10.5. The van der Waals surface area contributed by atoms with Crippen LogP contribution in [0.2, 0.25) is 0 Å². The van der Waals surface area contributed by atoms with Gasteiger partial charge in [-0.3, -0.25) is 4.79 Å². The smallest absolute Gasteiger partial charge is 0.339 e. The van der Waals surface area contributed by atoms with Crippen LogP contribution in [-0.4, -0.2) is 30.5 Å². The Hall–Kier alpha value is -2.56. The maximum absolute atomic E-state index is 12.3. The van der Waals surface area contributed by atoms with Gasteiger partial charge in [-0.15, -0.1) is 0 Å². The molecule has 0 aliphatic carbocycles. The number of aromatic nitrogens is 1. The van der Waals surface area contributed by atoms with Crippen molar-refractivity contribution in [3.05, 3.63) is 52.3 Å². The topological polar surface area (TPSA) is 68.4 Å². The predicted molar refractivity (Wildman–Crippen MR) is 82.6 cm³/mol. The number of carbonyl (C=O) groups excluding carboxylic acids is 2. The van der Waals surface area contributed by atoms with Gasteiger partial charge in [0.15, 0.2) is 6.61 Å². The second-order valence-corrected chi connectivity index (χ2v) is 5.09. The Morgan fingerprint density at radius 3 is 2.45 bits per heavy atom. The Labute approximate surface area is 129 Å². The molecule has 1 aromatic heterocycles. The van der Waals surface area contributed by atoms with Gasteiger partial charge in [0.05, 0.1) is 18.4 Å². The summed E-state index contributed by atoms with van der Waals surface area (Å²) in [6.45, 7) is 5.28. The lowest BCUT2D eigenvalue weighted by molar-refractivity contribution is 0.0599. The lowest BCUT2D eigenvalue weighted by Crippen LogP contribution is -2.14. The molecule has 1 aromatic carbocycles. The number of aromatic amines is 1. The minimum atomic E-state index is -0.454. The molecule has 2 aromatic rings. The average molecular weight is 301 g/mol. The van der Waals surface area contributed by atoms with E-state index in [2.05, 4.69) is 4.98 Å². The Bertz CT molecular complexity index is 715. The minimum Gasteiger partial charge on any atom is -0.485 e. The number of hydrogen-bond donors (Lipinski definition) is 1. The number of Topliss-reactive ketones (excluding diaryl/α,β-unsaturated/α-hetero) is 1. The number of nitrogens with one attached hydrogen (secondary N) is 1. The number of H-pyrrole nitrogens is 1. The highest BCUT2D eigenvalue weighted by atomic mass is 16.5. The zero-order valence-corrected chi connectivity index (χ0v) is 13.1. The van der Waals surface area contributed by atoms with Gasteiger partial charge in [-0.2, -0.15) is 0 Å². The molecule has 0 radical (unpaired) electrons. The summed E-state index contributed by atoms with van der Waals surface area (Å²) in [5.74, 6) is 0.00843. The summed E-state index contributed by atoms with van der Waals surface area (Å²) in [5, 5.41) is 0. The Kier molecular flexibility index (Phi) is 4.65. The first-order valence-corrected chi connectivity index (χ1v) is 6.94. The molecular weight excluding hydrogens is 282 g/mol. The molecule has 0 saturated carbocycles. The van der Waals surface area contributed by atoms with Crippen molar-refractivity contribution >= 4 is 11.8 Å². The quantitative estimate of drug-likeness (QED) is 0.681. The average Bonchev–Trinajstić information content (AvgIpc) is 2.80. The zero-order chi connectivity index (χ0) is 16.3. The van der Waals surface area contributed by atoms with Crippen LogP contribution in [0.3, 0.4) is 0 Å². The number of ether oxygens (including phenoxy) is 2. The first kappa shape index (κ1) is 15.8. The molecule has 2 rings (SSSR count). The number of carbonyl (C=O) groups is 2. The van der Waals surface area contributed by atoms with Crippen LogP contribution in [0.1, 0.15) is 37.7 Å². The van der Waals surface area contributed by atoms with E-state index in [0.29, 0.717) is 28.3 Å². The van der Waals surface area contributed by atoms with E-state index in [9.17, 15) is 9.59 Å². The van der Waals surface area contributed by atoms with E-state index in [-0.39, 0.29) is 12.4 Å². The van der Waals surface area contributed by atoms with E-state index in [0.717, 1.165) is 5.56 Å². The number of esters is 1. The van der Waals surface area contributed by atoms with Gasteiger partial charge in [0, 0.05) is 5.69 Å². The van der Waals surface area contributed by atoms with Gasteiger partial charge >= 0.3 is 5.97 Å². The highest BCUT2D eigenvalue weighted by Crippen LogP contribution is 2.20. The third-order valence-corrected chi connectivity index (χ3v) is 3.56. The van der Waals surface area contributed by atoms with Crippen LogP contribution in [-0.2, 0) is 4.74 Å². The number of hydrogen-bond acceptors (Lipinski definition) is 4. The second kappa shape index (κ2) is 6.47. The predicted octanol–water partition coefficient (Wildman–Crippen LogP) is 2.99. The third kappa shape index (κ3) is 3.03. The van der Waals surface area contributed by atoms with Gasteiger partial charge in [-0.05, 0) is 38.0 Å². The third-order valence-electron chi connectivity index (χ3n) is 3.56. The molecule has 0 fully saturated rings. The fraction of sp³-hybridized carbons (Fsp3) is 0.294. The summed E-state index contributed by atoms with van der Waals surface area (Å²) in [6, 6.07) is 7.49. The van der Waals surface area contributed by atoms with Crippen molar-refractivity contribution in [1.82, 2.24) is 4.98 Å². The lowest BCUT2D eigenvalue weighted by Gasteiger charge is -2.08. The van der Waals surface area contributed by atoms with Gasteiger partial charge in [-0.25, -0.2) is 4.79 Å². The monoisotopic (exact) mass is 301 g/mol. The molecule has 0 saturated heterocycles. The maximum Gasteiger partial charge on any atom is 0.339 e. The fourth-order valence-electron chi connectivity index (χ4n) is 2.37. The Balaban J connectivity index is 2.17. The lowest BCUT2D eigenvalue weighted by atomic mass is 10.1. The van der Waals surface area contributed by atoms with E-state index in [1.807, 2.05) is 31.2 Å². The van der Waals surface area contributed by atoms with Gasteiger partial charge in [0.2, 0.25) is 5.78 Å². The van der Waals surface area contributed by atoms with E-state index < -0.39 is 5.97 Å². The molecule has 1 heterocycles. The van der Waals surface area contributed by atoms with E-state index >= 15 is 0 Å². The maximum atomic E-state index is 12.3. The van der Waals surface area contributed by atoms with Crippen molar-refractivity contribution in [1.29, 1.82) is 0 Å². The van der Waals surface area contributed by atoms with E-state index in [1.165, 1.54) is 7.11 Å². The molecular formula is C17H19NO4. The number of methoxy groups -OCH3 is 1. The summed E-state index contributed by atoms with van der Waals surface area (Å²) in [7, 11) is 1.32. The highest BCUT2D eigenvalue weighted by molar-refractivity contribution is 6.02. The molecule has 5 nitrogen and oxygen atoms in total. The number of benzene rings is 1. The standard InChI is InChI=1S/C17H19NO4/c1-10-7-5-6-8-14(10)22-9-13(19)16-11(2)15(12(3)18-16)17(20)21-4/h5-8,18H,9H2,1-4H3. The fourth-order valence-corrected chi connectivity index (χ4v) is 2.37. The largest absolute Gasteiger partial charge is 0.485 e. The van der Waals surface area contributed by atoms with E-state index in [4.69, 9.17) is 9.47 Å². The summed E-state index contributed by atoms with van der Waals surface area (Å²) >= 11 is 0. The molecule has 1 N–H and O–H groups in total. The molecule has 0 amide bonds. The van der Waals surface area contributed by atoms with Crippen LogP contribution in [0.5, 0.6) is 5.75 Å². The minimum absolute atomic E-state index is 0.0910. The SMILES string of the molecule is COC(=O)c1c(C)[nH]c(C(=O)COc2ccccc2C)c1C. The van der Waals surface area contributed by atoms with Crippen molar-refractivity contribution in [2.75, 3.05) is 13.7 Å². The molecule has 0 unspecified atom stereocenters. The molecule has 0 bridgehead atoms. The second-order valence-electron chi connectivity index (χ2n) is 5.09.